The number of methoxy groups -OCH3 is 1. The quantitative estimate of drug-likeness (QED) is 0.436. The van der Waals surface area contributed by atoms with Crippen molar-refractivity contribution in [2.24, 2.45) is 0 Å². The minimum absolute atomic E-state index is 0.260. The molecule has 0 saturated heterocycles. The Morgan fingerprint density at radius 2 is 1.89 bits per heavy atom. The van der Waals surface area contributed by atoms with E-state index < -0.39 is 0 Å². The molecule has 0 fully saturated rings. The second-order valence-corrected chi connectivity index (χ2v) is 8.41. The van der Waals surface area contributed by atoms with Crippen molar-refractivity contribution in [3.8, 4) is 5.75 Å². The third kappa shape index (κ3) is 5.08. The van der Waals surface area contributed by atoms with E-state index in [4.69, 9.17) is 4.74 Å². The summed E-state index contributed by atoms with van der Waals surface area (Å²) in [6.07, 6.45) is 0. The Kier molecular flexibility index (Phi) is 6.47. The van der Waals surface area contributed by atoms with Crippen LogP contribution in [-0.4, -0.2) is 23.2 Å². The highest BCUT2D eigenvalue weighted by Crippen LogP contribution is 2.29. The summed E-state index contributed by atoms with van der Waals surface area (Å²) in [5.74, 6) is 1.61. The lowest BCUT2D eigenvalue weighted by atomic mass is 10.0. The van der Waals surface area contributed by atoms with Gasteiger partial charge in [0.15, 0.2) is 4.34 Å². The van der Waals surface area contributed by atoms with Crippen molar-refractivity contribution in [2.75, 3.05) is 12.4 Å². The number of rotatable bonds is 7. The summed E-state index contributed by atoms with van der Waals surface area (Å²) in [7, 11) is 1.54. The van der Waals surface area contributed by atoms with E-state index in [9.17, 15) is 4.79 Å². The van der Waals surface area contributed by atoms with Gasteiger partial charge in [-0.05, 0) is 29.2 Å². The Balaban J connectivity index is 1.59. The molecule has 0 radical (unpaired) electrons. The molecule has 0 aliphatic heterocycles. The van der Waals surface area contributed by atoms with Crippen LogP contribution in [0.2, 0.25) is 0 Å². The molecule has 0 spiro atoms. The summed E-state index contributed by atoms with van der Waals surface area (Å²) < 4.78 is 6.04. The van der Waals surface area contributed by atoms with Crippen LogP contribution in [0.15, 0.2) is 52.9 Å². The average molecular weight is 400 g/mol. The maximum atomic E-state index is 12.4. The molecule has 27 heavy (non-hydrogen) atoms. The molecule has 1 amide bonds. The fourth-order valence-electron chi connectivity index (χ4n) is 2.46. The summed E-state index contributed by atoms with van der Waals surface area (Å²) >= 11 is 2.97. The molecule has 3 aromatic rings. The van der Waals surface area contributed by atoms with E-state index >= 15 is 0 Å². The molecule has 1 N–H and O–H groups in total. The number of para-hydroxylation sites is 1. The molecule has 0 aliphatic carbocycles. The predicted molar refractivity (Wildman–Crippen MR) is 111 cm³/mol. The number of aromatic nitrogens is 2. The molecule has 1 heterocycles. The van der Waals surface area contributed by atoms with Gasteiger partial charge in [0, 0.05) is 5.75 Å². The summed E-state index contributed by atoms with van der Waals surface area (Å²) in [4.78, 5) is 12.4. The van der Waals surface area contributed by atoms with Crippen LogP contribution in [0.1, 0.15) is 41.3 Å². The Labute approximate surface area is 167 Å². The standard InChI is InChI=1S/C20H21N3O2S2/c1-13(2)15-10-8-14(9-11-15)12-26-20-23-22-19(27-20)21-18(24)16-6-4-5-7-17(16)25-3/h4-11,13H,12H2,1-3H3,(H,21,22,24). The highest BCUT2D eigenvalue weighted by Gasteiger charge is 2.14. The number of nitrogens with one attached hydrogen (secondary N) is 1. The van der Waals surface area contributed by atoms with E-state index in [0.717, 1.165) is 10.1 Å². The number of hydrogen-bond acceptors (Lipinski definition) is 6. The van der Waals surface area contributed by atoms with E-state index in [-0.39, 0.29) is 5.91 Å². The average Bonchev–Trinajstić information content (AvgIpc) is 3.13. The molecular weight excluding hydrogens is 378 g/mol. The molecule has 0 bridgehead atoms. The Bertz CT molecular complexity index is 908. The van der Waals surface area contributed by atoms with Crippen LogP contribution in [0.25, 0.3) is 0 Å². The van der Waals surface area contributed by atoms with Gasteiger partial charge >= 0.3 is 0 Å². The van der Waals surface area contributed by atoms with Gasteiger partial charge in [0.1, 0.15) is 5.75 Å². The fourth-order valence-corrected chi connectivity index (χ4v) is 4.16. The molecule has 1 aromatic heterocycles. The van der Waals surface area contributed by atoms with Crippen molar-refractivity contribution in [1.82, 2.24) is 10.2 Å². The summed E-state index contributed by atoms with van der Waals surface area (Å²) in [5, 5.41) is 11.5. The number of ether oxygens (including phenoxy) is 1. The van der Waals surface area contributed by atoms with Crippen LogP contribution in [0.4, 0.5) is 5.13 Å². The highest BCUT2D eigenvalue weighted by atomic mass is 32.2. The zero-order valence-electron chi connectivity index (χ0n) is 15.4. The van der Waals surface area contributed by atoms with Gasteiger partial charge in [-0.3, -0.25) is 10.1 Å². The first-order valence-electron chi connectivity index (χ1n) is 8.56. The topological polar surface area (TPSA) is 64.1 Å². The monoisotopic (exact) mass is 399 g/mol. The highest BCUT2D eigenvalue weighted by molar-refractivity contribution is 8.00. The molecule has 0 unspecified atom stereocenters. The summed E-state index contributed by atoms with van der Waals surface area (Å²) in [6.45, 7) is 4.37. The van der Waals surface area contributed by atoms with Gasteiger partial charge in [-0.25, -0.2) is 0 Å². The second kappa shape index (κ2) is 9.01. The number of anilines is 1. The van der Waals surface area contributed by atoms with Crippen LogP contribution in [-0.2, 0) is 5.75 Å². The molecule has 7 heteroatoms. The van der Waals surface area contributed by atoms with Gasteiger partial charge in [0.2, 0.25) is 5.13 Å². The number of nitrogens with zero attached hydrogens (tertiary/aromatic N) is 2. The van der Waals surface area contributed by atoms with E-state index in [1.807, 2.05) is 6.07 Å². The third-order valence-corrected chi connectivity index (χ3v) is 6.03. The van der Waals surface area contributed by atoms with Crippen LogP contribution in [0, 0.1) is 0 Å². The molecular formula is C20H21N3O2S2. The van der Waals surface area contributed by atoms with Crippen molar-refractivity contribution in [3.63, 3.8) is 0 Å². The molecule has 2 aromatic carbocycles. The lowest BCUT2D eigenvalue weighted by Gasteiger charge is -2.06. The van der Waals surface area contributed by atoms with E-state index in [0.29, 0.717) is 22.4 Å². The van der Waals surface area contributed by atoms with Crippen LogP contribution >= 0.6 is 23.1 Å². The van der Waals surface area contributed by atoms with Gasteiger partial charge in [-0.1, -0.05) is 73.3 Å². The first-order valence-corrected chi connectivity index (χ1v) is 10.4. The minimum Gasteiger partial charge on any atom is -0.496 e. The predicted octanol–water partition coefficient (Wildman–Crippen LogP) is 5.21. The number of carbonyl (C=O) groups is 1. The smallest absolute Gasteiger partial charge is 0.261 e. The van der Waals surface area contributed by atoms with Crippen LogP contribution < -0.4 is 10.1 Å². The third-order valence-electron chi connectivity index (χ3n) is 3.99. The molecule has 0 atom stereocenters. The second-order valence-electron chi connectivity index (χ2n) is 6.21. The zero-order chi connectivity index (χ0) is 19.2. The van der Waals surface area contributed by atoms with Crippen LogP contribution in [0.5, 0.6) is 5.75 Å². The minimum atomic E-state index is -0.260. The molecule has 3 rings (SSSR count). The number of carbonyl (C=O) groups excluding carboxylic acids is 1. The SMILES string of the molecule is COc1ccccc1C(=O)Nc1nnc(SCc2ccc(C(C)C)cc2)s1. The number of amides is 1. The van der Waals surface area contributed by atoms with Crippen molar-refractivity contribution in [1.29, 1.82) is 0 Å². The normalized spacial score (nSPS) is 10.8. The summed E-state index contributed by atoms with van der Waals surface area (Å²) in [5.41, 5.74) is 3.04. The molecule has 0 aliphatic rings. The number of thioether (sulfide) groups is 1. The van der Waals surface area contributed by atoms with Crippen molar-refractivity contribution >= 4 is 34.1 Å². The lowest BCUT2D eigenvalue weighted by Crippen LogP contribution is -2.12. The Morgan fingerprint density at radius 1 is 1.15 bits per heavy atom. The van der Waals surface area contributed by atoms with E-state index in [1.165, 1.54) is 22.5 Å². The largest absolute Gasteiger partial charge is 0.496 e. The Hall–Kier alpha value is -2.38. The van der Waals surface area contributed by atoms with Crippen LogP contribution in [0.3, 0.4) is 0 Å². The first-order chi connectivity index (χ1) is 13.1. The Morgan fingerprint density at radius 3 is 2.59 bits per heavy atom. The van der Waals surface area contributed by atoms with Gasteiger partial charge in [-0.2, -0.15) is 0 Å². The number of hydrogen-bond donors (Lipinski definition) is 1. The molecule has 5 nitrogen and oxygen atoms in total. The van der Waals surface area contributed by atoms with E-state index in [2.05, 4.69) is 53.6 Å². The maximum Gasteiger partial charge on any atom is 0.261 e. The van der Waals surface area contributed by atoms with Crippen molar-refractivity contribution < 1.29 is 9.53 Å². The van der Waals surface area contributed by atoms with Gasteiger partial charge < -0.3 is 4.74 Å². The van der Waals surface area contributed by atoms with Crippen molar-refractivity contribution in [2.45, 2.75) is 29.9 Å². The molecule has 0 saturated carbocycles. The van der Waals surface area contributed by atoms with Crippen molar-refractivity contribution in [3.05, 3.63) is 65.2 Å². The summed E-state index contributed by atoms with van der Waals surface area (Å²) in [6, 6.07) is 15.7. The molecule has 140 valence electrons. The fraction of sp³-hybridized carbons (Fsp3) is 0.250. The lowest BCUT2D eigenvalue weighted by molar-refractivity contribution is 0.102. The van der Waals surface area contributed by atoms with Gasteiger partial charge in [0.25, 0.3) is 5.91 Å². The van der Waals surface area contributed by atoms with Gasteiger partial charge in [-0.15, -0.1) is 10.2 Å². The van der Waals surface area contributed by atoms with Gasteiger partial charge in [0.05, 0.1) is 12.7 Å². The first kappa shape index (κ1) is 19.4. The number of benzene rings is 2. The maximum absolute atomic E-state index is 12.4. The zero-order valence-corrected chi connectivity index (χ0v) is 17.1. The van der Waals surface area contributed by atoms with E-state index in [1.54, 1.807) is 37.1 Å².